The van der Waals surface area contributed by atoms with Gasteiger partial charge in [0.25, 0.3) is 0 Å². The van der Waals surface area contributed by atoms with Crippen molar-refractivity contribution in [2.75, 3.05) is 32.0 Å². The fourth-order valence-electron chi connectivity index (χ4n) is 2.98. The zero-order valence-corrected chi connectivity index (χ0v) is 13.5. The van der Waals surface area contributed by atoms with Crippen molar-refractivity contribution in [3.05, 3.63) is 0 Å². The summed E-state index contributed by atoms with van der Waals surface area (Å²) in [5.41, 5.74) is 0. The van der Waals surface area contributed by atoms with E-state index < -0.39 is 10.0 Å². The maximum Gasteiger partial charge on any atom is 0.216 e. The van der Waals surface area contributed by atoms with Crippen LogP contribution < -0.4 is 5.32 Å². The topological polar surface area (TPSA) is 58.6 Å². The van der Waals surface area contributed by atoms with Gasteiger partial charge in [-0.05, 0) is 38.1 Å². The molecule has 118 valence electrons. The first-order valence-electron chi connectivity index (χ1n) is 7.80. The summed E-state index contributed by atoms with van der Waals surface area (Å²) in [5, 5.41) is 3.39. The molecule has 0 bridgehead atoms. The van der Waals surface area contributed by atoms with Crippen LogP contribution in [-0.4, -0.2) is 56.9 Å². The molecule has 0 saturated carbocycles. The third kappa shape index (κ3) is 4.69. The summed E-state index contributed by atoms with van der Waals surface area (Å²) >= 11 is 0. The van der Waals surface area contributed by atoms with E-state index in [2.05, 4.69) is 19.2 Å². The average molecular weight is 304 g/mol. The van der Waals surface area contributed by atoms with Crippen molar-refractivity contribution < 1.29 is 13.2 Å². The molecule has 0 radical (unpaired) electrons. The second-order valence-corrected chi connectivity index (χ2v) is 8.43. The van der Waals surface area contributed by atoms with E-state index in [1.165, 1.54) is 0 Å². The van der Waals surface area contributed by atoms with Gasteiger partial charge in [0, 0.05) is 25.7 Å². The van der Waals surface area contributed by atoms with Crippen molar-refractivity contribution in [1.29, 1.82) is 0 Å². The Kier molecular flexibility index (Phi) is 5.84. The lowest BCUT2D eigenvalue weighted by Crippen LogP contribution is -2.45. The zero-order chi connectivity index (χ0) is 14.6. The Bertz CT molecular complexity index is 385. The van der Waals surface area contributed by atoms with Gasteiger partial charge in [0.2, 0.25) is 10.0 Å². The summed E-state index contributed by atoms with van der Waals surface area (Å²) in [5.74, 6) is 0.488. The molecular weight excluding hydrogens is 276 g/mol. The van der Waals surface area contributed by atoms with Gasteiger partial charge in [0.15, 0.2) is 0 Å². The van der Waals surface area contributed by atoms with E-state index in [0.717, 1.165) is 32.2 Å². The fraction of sp³-hybridized carbons (Fsp3) is 1.00. The van der Waals surface area contributed by atoms with Crippen molar-refractivity contribution >= 4 is 10.0 Å². The number of rotatable bonds is 7. The predicted octanol–water partition coefficient (Wildman–Crippen LogP) is 1.21. The Hall–Kier alpha value is -0.170. The largest absolute Gasteiger partial charge is 0.377 e. The highest BCUT2D eigenvalue weighted by Crippen LogP contribution is 2.18. The molecule has 2 aliphatic rings. The highest BCUT2D eigenvalue weighted by molar-refractivity contribution is 7.89. The molecule has 0 aromatic rings. The summed E-state index contributed by atoms with van der Waals surface area (Å²) in [7, 11) is -3.22. The van der Waals surface area contributed by atoms with Crippen LogP contribution in [0.15, 0.2) is 0 Å². The molecule has 0 amide bonds. The number of nitrogens with zero attached hydrogens (tertiary/aromatic N) is 1. The zero-order valence-electron chi connectivity index (χ0n) is 12.7. The summed E-state index contributed by atoms with van der Waals surface area (Å²) in [6, 6.07) is 0.313. The lowest BCUT2D eigenvalue weighted by atomic mass is 10.2. The van der Waals surface area contributed by atoms with Gasteiger partial charge in [0.05, 0.1) is 11.9 Å². The predicted molar refractivity (Wildman–Crippen MR) is 80.2 cm³/mol. The number of ether oxygens (including phenoxy) is 1. The van der Waals surface area contributed by atoms with Crippen LogP contribution in [0.1, 0.15) is 39.5 Å². The van der Waals surface area contributed by atoms with Crippen LogP contribution in [0, 0.1) is 5.92 Å². The van der Waals surface area contributed by atoms with Crippen LogP contribution in [0.2, 0.25) is 0 Å². The second-order valence-electron chi connectivity index (χ2n) is 6.42. The van der Waals surface area contributed by atoms with Gasteiger partial charge in [-0.25, -0.2) is 12.7 Å². The third-order valence-electron chi connectivity index (χ3n) is 3.97. The standard InChI is InChI=1S/C14H28N2O3S/c1-12(2)9-16(10-13-5-3-7-15-13)20(17,18)11-14-6-4-8-19-14/h12-15H,3-11H2,1-2H3. The summed E-state index contributed by atoms with van der Waals surface area (Å²) in [4.78, 5) is 0. The van der Waals surface area contributed by atoms with Crippen LogP contribution in [0.5, 0.6) is 0 Å². The first kappa shape index (κ1) is 16.2. The maximum atomic E-state index is 12.6. The number of sulfonamides is 1. The van der Waals surface area contributed by atoms with E-state index in [1.54, 1.807) is 4.31 Å². The molecule has 0 spiro atoms. The van der Waals surface area contributed by atoms with Crippen molar-refractivity contribution in [1.82, 2.24) is 9.62 Å². The van der Waals surface area contributed by atoms with E-state index in [1.807, 2.05) is 0 Å². The second kappa shape index (κ2) is 7.20. The van der Waals surface area contributed by atoms with Crippen molar-refractivity contribution in [2.45, 2.75) is 51.7 Å². The van der Waals surface area contributed by atoms with Gasteiger partial charge in [-0.3, -0.25) is 0 Å². The minimum Gasteiger partial charge on any atom is -0.377 e. The molecule has 20 heavy (non-hydrogen) atoms. The Labute approximate surface area is 123 Å². The van der Waals surface area contributed by atoms with Crippen LogP contribution in [0.3, 0.4) is 0 Å². The van der Waals surface area contributed by atoms with Gasteiger partial charge in [-0.1, -0.05) is 13.8 Å². The molecule has 5 nitrogen and oxygen atoms in total. The maximum absolute atomic E-state index is 12.6. The smallest absolute Gasteiger partial charge is 0.216 e. The molecule has 0 aliphatic carbocycles. The van der Waals surface area contributed by atoms with E-state index in [0.29, 0.717) is 31.7 Å². The van der Waals surface area contributed by atoms with Gasteiger partial charge >= 0.3 is 0 Å². The molecule has 0 aromatic heterocycles. The molecule has 2 aliphatic heterocycles. The molecule has 2 heterocycles. The van der Waals surface area contributed by atoms with E-state index in [-0.39, 0.29) is 11.9 Å². The lowest BCUT2D eigenvalue weighted by Gasteiger charge is -2.27. The first-order chi connectivity index (χ1) is 9.47. The normalized spacial score (nSPS) is 27.8. The number of hydrogen-bond acceptors (Lipinski definition) is 4. The molecule has 0 aromatic carbocycles. The molecule has 1 N–H and O–H groups in total. The average Bonchev–Trinajstić information content (AvgIpc) is 3.00. The van der Waals surface area contributed by atoms with E-state index in [4.69, 9.17) is 4.74 Å². The molecular formula is C14H28N2O3S. The first-order valence-corrected chi connectivity index (χ1v) is 9.41. The van der Waals surface area contributed by atoms with Crippen LogP contribution in [0.4, 0.5) is 0 Å². The fourth-order valence-corrected chi connectivity index (χ4v) is 4.86. The molecule has 2 atom stereocenters. The van der Waals surface area contributed by atoms with Crippen molar-refractivity contribution in [2.24, 2.45) is 5.92 Å². The van der Waals surface area contributed by atoms with E-state index >= 15 is 0 Å². The lowest BCUT2D eigenvalue weighted by molar-refractivity contribution is 0.126. The molecule has 2 unspecified atom stereocenters. The summed E-state index contributed by atoms with van der Waals surface area (Å²) in [6.45, 7) is 7.05. The molecule has 6 heteroatoms. The minimum absolute atomic E-state index is 0.105. The van der Waals surface area contributed by atoms with Crippen molar-refractivity contribution in [3.63, 3.8) is 0 Å². The van der Waals surface area contributed by atoms with Gasteiger partial charge in [-0.2, -0.15) is 0 Å². The van der Waals surface area contributed by atoms with Crippen molar-refractivity contribution in [3.8, 4) is 0 Å². The van der Waals surface area contributed by atoms with Gasteiger partial charge in [-0.15, -0.1) is 0 Å². The van der Waals surface area contributed by atoms with Gasteiger partial charge in [0.1, 0.15) is 0 Å². The third-order valence-corrected chi connectivity index (χ3v) is 5.85. The highest BCUT2D eigenvalue weighted by Gasteiger charge is 2.31. The van der Waals surface area contributed by atoms with Crippen LogP contribution in [0.25, 0.3) is 0 Å². The van der Waals surface area contributed by atoms with Gasteiger partial charge < -0.3 is 10.1 Å². The van der Waals surface area contributed by atoms with E-state index in [9.17, 15) is 8.42 Å². The molecule has 2 rings (SSSR count). The Balaban J connectivity index is 1.98. The molecule has 2 saturated heterocycles. The minimum atomic E-state index is -3.22. The Morgan fingerprint density at radius 2 is 2.10 bits per heavy atom. The highest BCUT2D eigenvalue weighted by atomic mass is 32.2. The van der Waals surface area contributed by atoms with Crippen LogP contribution in [-0.2, 0) is 14.8 Å². The quantitative estimate of drug-likeness (QED) is 0.768. The SMILES string of the molecule is CC(C)CN(CC1CCCN1)S(=O)(=O)CC1CCCO1. The summed E-state index contributed by atoms with van der Waals surface area (Å²) < 4.78 is 32.4. The monoisotopic (exact) mass is 304 g/mol. The van der Waals surface area contributed by atoms with Crippen LogP contribution >= 0.6 is 0 Å². The Morgan fingerprint density at radius 3 is 2.65 bits per heavy atom. The summed E-state index contributed by atoms with van der Waals surface area (Å²) in [6.07, 6.45) is 3.97. The number of nitrogens with one attached hydrogen (secondary N) is 1. The molecule has 2 fully saturated rings. The Morgan fingerprint density at radius 1 is 1.30 bits per heavy atom. The number of hydrogen-bond donors (Lipinski definition) is 1.